The lowest BCUT2D eigenvalue weighted by Gasteiger charge is -2.29. The number of rotatable bonds is 7. The minimum atomic E-state index is 0.888. The van der Waals surface area contributed by atoms with Gasteiger partial charge < -0.3 is 9.32 Å². The molecule has 0 aliphatic carbocycles. The van der Waals surface area contributed by atoms with E-state index >= 15 is 0 Å². The number of nitrogens with zero attached hydrogens (tertiary/aromatic N) is 1. The molecule has 0 N–H and O–H groups in total. The standard InChI is InChI=1S/C52H35NO/c1-4-14-36(15-5-1)37-24-27-43(28-25-37)53(44-29-30-45(38-16-6-2-7-17-38)47(35-44)39-18-8-3-9-19-39)50-23-13-12-22-46(50)42-26-31-51-48(33-42)49-32-40-20-10-11-21-41(40)34-52(49)54-51/h1-35H. The van der Waals surface area contributed by atoms with Crippen molar-refractivity contribution in [1.29, 1.82) is 0 Å². The van der Waals surface area contributed by atoms with Gasteiger partial charge in [0.25, 0.3) is 0 Å². The third kappa shape index (κ3) is 5.71. The highest BCUT2D eigenvalue weighted by Gasteiger charge is 2.20. The molecule has 0 atom stereocenters. The van der Waals surface area contributed by atoms with Gasteiger partial charge in [-0.2, -0.15) is 0 Å². The van der Waals surface area contributed by atoms with Gasteiger partial charge in [-0.1, -0.05) is 158 Å². The van der Waals surface area contributed by atoms with Crippen molar-refractivity contribution in [1.82, 2.24) is 0 Å². The summed E-state index contributed by atoms with van der Waals surface area (Å²) in [6.07, 6.45) is 0. The molecule has 0 fully saturated rings. The van der Waals surface area contributed by atoms with Crippen LogP contribution in [0.15, 0.2) is 217 Å². The third-order valence-corrected chi connectivity index (χ3v) is 10.5. The summed E-state index contributed by atoms with van der Waals surface area (Å²) in [6.45, 7) is 0. The molecule has 9 aromatic carbocycles. The van der Waals surface area contributed by atoms with E-state index in [4.69, 9.17) is 4.42 Å². The van der Waals surface area contributed by atoms with Crippen molar-refractivity contribution < 1.29 is 4.42 Å². The van der Waals surface area contributed by atoms with Crippen molar-refractivity contribution in [3.8, 4) is 44.5 Å². The van der Waals surface area contributed by atoms with E-state index in [9.17, 15) is 0 Å². The van der Waals surface area contributed by atoms with Gasteiger partial charge in [0.2, 0.25) is 0 Å². The summed E-state index contributed by atoms with van der Waals surface area (Å²) in [5, 5.41) is 4.62. The third-order valence-electron chi connectivity index (χ3n) is 10.5. The van der Waals surface area contributed by atoms with Crippen LogP contribution < -0.4 is 4.90 Å². The summed E-state index contributed by atoms with van der Waals surface area (Å²) in [5.41, 5.74) is 14.4. The van der Waals surface area contributed by atoms with Crippen molar-refractivity contribution in [2.24, 2.45) is 0 Å². The Kier molecular flexibility index (Phi) is 7.85. The first-order chi connectivity index (χ1) is 26.8. The Hall–Kier alpha value is -7.16. The highest BCUT2D eigenvalue weighted by Crippen LogP contribution is 2.45. The predicted octanol–water partition coefficient (Wildman–Crippen LogP) is 14.9. The minimum absolute atomic E-state index is 0.888. The van der Waals surface area contributed by atoms with Gasteiger partial charge in [0.15, 0.2) is 0 Å². The lowest BCUT2D eigenvalue weighted by molar-refractivity contribution is 0.669. The topological polar surface area (TPSA) is 16.4 Å². The molecule has 1 heterocycles. The summed E-state index contributed by atoms with van der Waals surface area (Å²) in [7, 11) is 0. The van der Waals surface area contributed by atoms with Crippen LogP contribution in [0.5, 0.6) is 0 Å². The molecule has 0 amide bonds. The number of furan rings is 1. The lowest BCUT2D eigenvalue weighted by atomic mass is 9.93. The fourth-order valence-corrected chi connectivity index (χ4v) is 7.80. The van der Waals surface area contributed by atoms with Gasteiger partial charge in [0.1, 0.15) is 11.2 Å². The molecular formula is C52H35NO. The number of para-hydroxylation sites is 1. The van der Waals surface area contributed by atoms with E-state index in [1.54, 1.807) is 0 Å². The molecule has 0 bridgehead atoms. The molecule has 10 aromatic rings. The van der Waals surface area contributed by atoms with Gasteiger partial charge in [-0.3, -0.25) is 0 Å². The molecule has 0 radical (unpaired) electrons. The Morgan fingerprint density at radius 1 is 0.296 bits per heavy atom. The summed E-state index contributed by atoms with van der Waals surface area (Å²) in [5.74, 6) is 0. The maximum absolute atomic E-state index is 6.41. The van der Waals surface area contributed by atoms with Gasteiger partial charge in [-0.25, -0.2) is 0 Å². The van der Waals surface area contributed by atoms with Crippen LogP contribution in [-0.4, -0.2) is 0 Å². The first kappa shape index (κ1) is 31.6. The van der Waals surface area contributed by atoms with Crippen LogP contribution in [-0.2, 0) is 0 Å². The highest BCUT2D eigenvalue weighted by molar-refractivity contribution is 6.11. The number of hydrogen-bond donors (Lipinski definition) is 0. The molecule has 0 saturated heterocycles. The zero-order valence-corrected chi connectivity index (χ0v) is 29.6. The van der Waals surface area contributed by atoms with Crippen molar-refractivity contribution in [3.63, 3.8) is 0 Å². The highest BCUT2D eigenvalue weighted by atomic mass is 16.3. The van der Waals surface area contributed by atoms with Crippen LogP contribution in [0.1, 0.15) is 0 Å². The van der Waals surface area contributed by atoms with Gasteiger partial charge in [0, 0.05) is 27.7 Å². The van der Waals surface area contributed by atoms with Crippen LogP contribution in [0.3, 0.4) is 0 Å². The Balaban J connectivity index is 1.17. The Morgan fingerprint density at radius 3 is 1.56 bits per heavy atom. The van der Waals surface area contributed by atoms with E-state index in [1.165, 1.54) is 44.2 Å². The minimum Gasteiger partial charge on any atom is -0.456 e. The molecule has 2 nitrogen and oxygen atoms in total. The summed E-state index contributed by atoms with van der Waals surface area (Å²) >= 11 is 0. The average Bonchev–Trinajstić information content (AvgIpc) is 3.61. The molecule has 10 rings (SSSR count). The number of hydrogen-bond acceptors (Lipinski definition) is 2. The largest absolute Gasteiger partial charge is 0.456 e. The Bertz CT molecular complexity index is 2910. The van der Waals surface area contributed by atoms with E-state index in [2.05, 4.69) is 217 Å². The van der Waals surface area contributed by atoms with Gasteiger partial charge in [0.05, 0.1) is 5.69 Å². The number of anilines is 3. The second-order valence-corrected chi connectivity index (χ2v) is 13.7. The summed E-state index contributed by atoms with van der Waals surface area (Å²) in [4.78, 5) is 2.40. The monoisotopic (exact) mass is 689 g/mol. The van der Waals surface area contributed by atoms with Crippen molar-refractivity contribution >= 4 is 49.8 Å². The zero-order chi connectivity index (χ0) is 35.8. The predicted molar refractivity (Wildman–Crippen MR) is 228 cm³/mol. The van der Waals surface area contributed by atoms with Gasteiger partial charge in [-0.05, 0) is 104 Å². The fourth-order valence-electron chi connectivity index (χ4n) is 7.80. The van der Waals surface area contributed by atoms with Crippen LogP contribution in [0, 0.1) is 0 Å². The van der Waals surface area contributed by atoms with E-state index in [1.807, 2.05) is 0 Å². The van der Waals surface area contributed by atoms with Gasteiger partial charge >= 0.3 is 0 Å². The molecule has 0 aliphatic rings. The van der Waals surface area contributed by atoms with Crippen molar-refractivity contribution in [2.75, 3.05) is 4.90 Å². The van der Waals surface area contributed by atoms with E-state index in [0.29, 0.717) is 0 Å². The molecule has 2 heteroatoms. The molecule has 1 aromatic heterocycles. The average molecular weight is 690 g/mol. The summed E-state index contributed by atoms with van der Waals surface area (Å²) in [6, 6.07) is 76.0. The Labute approximate surface area is 314 Å². The molecule has 54 heavy (non-hydrogen) atoms. The molecule has 0 saturated carbocycles. The normalized spacial score (nSPS) is 11.3. The second-order valence-electron chi connectivity index (χ2n) is 13.7. The van der Waals surface area contributed by atoms with E-state index in [-0.39, 0.29) is 0 Å². The fraction of sp³-hybridized carbons (Fsp3) is 0. The lowest BCUT2D eigenvalue weighted by Crippen LogP contribution is -2.11. The van der Waals surface area contributed by atoms with Gasteiger partial charge in [-0.15, -0.1) is 0 Å². The van der Waals surface area contributed by atoms with Crippen LogP contribution in [0.4, 0.5) is 17.1 Å². The molecule has 0 spiro atoms. The van der Waals surface area contributed by atoms with E-state index in [0.717, 1.165) is 50.1 Å². The van der Waals surface area contributed by atoms with Crippen LogP contribution in [0.25, 0.3) is 77.2 Å². The van der Waals surface area contributed by atoms with Crippen molar-refractivity contribution in [2.45, 2.75) is 0 Å². The van der Waals surface area contributed by atoms with Crippen molar-refractivity contribution in [3.05, 3.63) is 212 Å². The molecule has 254 valence electrons. The quantitative estimate of drug-likeness (QED) is 0.166. The second kappa shape index (κ2) is 13.4. The molecule has 0 aliphatic heterocycles. The SMILES string of the molecule is c1ccc(-c2ccc(N(c3ccc(-c4ccccc4)c(-c4ccccc4)c3)c3ccccc3-c3ccc4oc5cc6ccccc6cc5c4c3)cc2)cc1. The zero-order valence-electron chi connectivity index (χ0n) is 29.6. The first-order valence-corrected chi connectivity index (χ1v) is 18.4. The van der Waals surface area contributed by atoms with Crippen LogP contribution >= 0.6 is 0 Å². The Morgan fingerprint density at radius 2 is 0.833 bits per heavy atom. The maximum Gasteiger partial charge on any atom is 0.136 e. The van der Waals surface area contributed by atoms with Crippen LogP contribution in [0.2, 0.25) is 0 Å². The smallest absolute Gasteiger partial charge is 0.136 e. The number of benzene rings is 9. The number of fused-ring (bicyclic) bond motifs is 4. The van der Waals surface area contributed by atoms with E-state index < -0.39 is 0 Å². The maximum atomic E-state index is 6.41. The first-order valence-electron chi connectivity index (χ1n) is 18.4. The molecule has 0 unspecified atom stereocenters. The summed E-state index contributed by atoms with van der Waals surface area (Å²) < 4.78 is 6.41. The molecular weight excluding hydrogens is 655 g/mol.